The number of aromatic amines is 1. The number of pyridine rings is 1. The molecule has 0 unspecified atom stereocenters. The van der Waals surface area contributed by atoms with Gasteiger partial charge in [-0.2, -0.15) is 0 Å². The molecule has 0 amide bonds. The molecule has 20 heavy (non-hydrogen) atoms. The molecule has 0 radical (unpaired) electrons. The molecule has 2 heterocycles. The Balaban J connectivity index is 0.000000205. The second-order valence-corrected chi connectivity index (χ2v) is 4.06. The third-order valence-corrected chi connectivity index (χ3v) is 2.57. The van der Waals surface area contributed by atoms with Gasteiger partial charge in [0.25, 0.3) is 0 Å². The molecule has 3 nitrogen and oxygen atoms in total. The van der Waals surface area contributed by atoms with Crippen LogP contribution in [-0.4, -0.2) is 9.97 Å². The summed E-state index contributed by atoms with van der Waals surface area (Å²) in [5.41, 5.74) is 1.13. The van der Waals surface area contributed by atoms with Crippen molar-refractivity contribution in [3.63, 3.8) is 0 Å². The lowest BCUT2D eigenvalue weighted by atomic mass is 10.2. The molecule has 3 aromatic rings. The average Bonchev–Trinajstić information content (AvgIpc) is 2.94. The first-order valence-electron chi connectivity index (χ1n) is 6.32. The molecule has 102 valence electrons. The van der Waals surface area contributed by atoms with Gasteiger partial charge >= 0.3 is 0 Å². The molecular formula is C16H16FN3. The standard InChI is InChI=1S/C11H11FN2.C5H5N/c12-10-6-7-13-11(10)14-8-9-4-2-1-3-5-9;1-2-4-6-5-3-1/h1-7,13-14H,8H2;1-5H. The maximum absolute atomic E-state index is 13.0. The van der Waals surface area contributed by atoms with Gasteiger partial charge in [0.15, 0.2) is 5.82 Å². The number of halogens is 1. The Bertz CT molecular complexity index is 567. The van der Waals surface area contributed by atoms with Gasteiger partial charge in [0.2, 0.25) is 0 Å². The van der Waals surface area contributed by atoms with Crippen molar-refractivity contribution in [3.8, 4) is 0 Å². The molecule has 0 aliphatic rings. The first kappa shape index (κ1) is 13.8. The van der Waals surface area contributed by atoms with E-state index in [1.165, 1.54) is 6.07 Å². The van der Waals surface area contributed by atoms with Crippen molar-refractivity contribution in [3.05, 3.63) is 84.6 Å². The highest BCUT2D eigenvalue weighted by atomic mass is 19.1. The van der Waals surface area contributed by atoms with Crippen LogP contribution in [0.1, 0.15) is 5.56 Å². The highest BCUT2D eigenvalue weighted by Gasteiger charge is 2.00. The quantitative estimate of drug-likeness (QED) is 0.758. The monoisotopic (exact) mass is 269 g/mol. The number of hydrogen-bond donors (Lipinski definition) is 2. The van der Waals surface area contributed by atoms with Gasteiger partial charge < -0.3 is 10.3 Å². The molecule has 3 rings (SSSR count). The Kier molecular flexibility index (Phi) is 5.34. The molecule has 0 aliphatic heterocycles. The first-order chi connectivity index (χ1) is 9.86. The lowest BCUT2D eigenvalue weighted by Gasteiger charge is -2.03. The van der Waals surface area contributed by atoms with E-state index >= 15 is 0 Å². The number of benzene rings is 1. The topological polar surface area (TPSA) is 40.7 Å². The molecule has 0 aliphatic carbocycles. The van der Waals surface area contributed by atoms with Gasteiger partial charge in [0.05, 0.1) is 0 Å². The van der Waals surface area contributed by atoms with Gasteiger partial charge in [-0.25, -0.2) is 4.39 Å². The predicted octanol–water partition coefficient (Wildman–Crippen LogP) is 3.85. The number of hydrogen-bond acceptors (Lipinski definition) is 2. The lowest BCUT2D eigenvalue weighted by Crippen LogP contribution is -2.00. The van der Waals surface area contributed by atoms with Crippen LogP contribution in [0, 0.1) is 5.82 Å². The van der Waals surface area contributed by atoms with E-state index in [0.717, 1.165) is 5.56 Å². The highest BCUT2D eigenvalue weighted by molar-refractivity contribution is 5.37. The molecule has 0 spiro atoms. The fraction of sp³-hybridized carbons (Fsp3) is 0.0625. The van der Waals surface area contributed by atoms with E-state index in [4.69, 9.17) is 0 Å². The smallest absolute Gasteiger partial charge is 0.164 e. The van der Waals surface area contributed by atoms with Crippen LogP contribution in [0.4, 0.5) is 10.2 Å². The SMILES string of the molecule is Fc1cc[nH]c1NCc1ccccc1.c1ccncc1. The minimum absolute atomic E-state index is 0.249. The van der Waals surface area contributed by atoms with Crippen LogP contribution < -0.4 is 5.32 Å². The van der Waals surface area contributed by atoms with Crippen LogP contribution >= 0.6 is 0 Å². The van der Waals surface area contributed by atoms with Crippen molar-refractivity contribution in [2.75, 3.05) is 5.32 Å². The highest BCUT2D eigenvalue weighted by Crippen LogP contribution is 2.11. The van der Waals surface area contributed by atoms with Crippen molar-refractivity contribution >= 4 is 5.82 Å². The Morgan fingerprint density at radius 1 is 0.950 bits per heavy atom. The molecule has 2 N–H and O–H groups in total. The van der Waals surface area contributed by atoms with Crippen LogP contribution in [0.25, 0.3) is 0 Å². The molecule has 0 saturated heterocycles. The van der Waals surface area contributed by atoms with Crippen molar-refractivity contribution in [1.82, 2.24) is 9.97 Å². The second-order valence-electron chi connectivity index (χ2n) is 4.06. The number of nitrogens with one attached hydrogen (secondary N) is 2. The van der Waals surface area contributed by atoms with E-state index in [2.05, 4.69) is 15.3 Å². The Hall–Kier alpha value is -2.62. The van der Waals surface area contributed by atoms with Gasteiger partial charge in [-0.05, 0) is 23.8 Å². The summed E-state index contributed by atoms with van der Waals surface area (Å²) >= 11 is 0. The van der Waals surface area contributed by atoms with Gasteiger partial charge in [0, 0.05) is 25.1 Å². The van der Waals surface area contributed by atoms with Crippen molar-refractivity contribution in [1.29, 1.82) is 0 Å². The summed E-state index contributed by atoms with van der Waals surface area (Å²) in [6.45, 7) is 0.623. The minimum atomic E-state index is -0.249. The number of nitrogens with zero attached hydrogens (tertiary/aromatic N) is 1. The molecule has 0 atom stereocenters. The summed E-state index contributed by atoms with van der Waals surface area (Å²) in [5, 5.41) is 2.98. The van der Waals surface area contributed by atoms with Crippen molar-refractivity contribution in [2.24, 2.45) is 0 Å². The Labute approximate surface area is 117 Å². The third-order valence-electron chi connectivity index (χ3n) is 2.57. The summed E-state index contributed by atoms with van der Waals surface area (Å²) in [6, 6.07) is 17.0. The molecule has 0 saturated carbocycles. The summed E-state index contributed by atoms with van der Waals surface area (Å²) in [6.07, 6.45) is 5.07. The van der Waals surface area contributed by atoms with E-state index < -0.39 is 0 Å². The van der Waals surface area contributed by atoms with Crippen LogP contribution in [0.5, 0.6) is 0 Å². The van der Waals surface area contributed by atoms with E-state index in [1.54, 1.807) is 18.6 Å². The molecule has 1 aromatic carbocycles. The maximum Gasteiger partial charge on any atom is 0.164 e. The van der Waals surface area contributed by atoms with E-state index in [0.29, 0.717) is 12.4 Å². The van der Waals surface area contributed by atoms with Gasteiger partial charge in [-0.3, -0.25) is 4.98 Å². The van der Waals surface area contributed by atoms with Crippen LogP contribution in [0.15, 0.2) is 73.2 Å². The van der Waals surface area contributed by atoms with Crippen LogP contribution in [0.2, 0.25) is 0 Å². The van der Waals surface area contributed by atoms with E-state index in [9.17, 15) is 4.39 Å². The summed E-state index contributed by atoms with van der Waals surface area (Å²) in [4.78, 5) is 6.57. The minimum Gasteiger partial charge on any atom is -0.365 e. The molecule has 4 heteroatoms. The van der Waals surface area contributed by atoms with Gasteiger partial charge in [-0.1, -0.05) is 36.4 Å². The molecule has 0 fully saturated rings. The summed E-state index contributed by atoms with van der Waals surface area (Å²) < 4.78 is 13.0. The number of aromatic nitrogens is 2. The Morgan fingerprint density at radius 3 is 2.15 bits per heavy atom. The zero-order valence-electron chi connectivity index (χ0n) is 11.0. The number of rotatable bonds is 3. The summed E-state index contributed by atoms with van der Waals surface area (Å²) in [5.74, 6) is 0.190. The van der Waals surface area contributed by atoms with E-state index in [-0.39, 0.29) is 5.82 Å². The Morgan fingerprint density at radius 2 is 1.65 bits per heavy atom. The largest absolute Gasteiger partial charge is 0.365 e. The van der Waals surface area contributed by atoms with Gasteiger partial charge in [-0.15, -0.1) is 0 Å². The van der Waals surface area contributed by atoms with E-state index in [1.807, 2.05) is 48.5 Å². The van der Waals surface area contributed by atoms with Crippen molar-refractivity contribution < 1.29 is 4.39 Å². The fourth-order valence-corrected chi connectivity index (χ4v) is 1.58. The average molecular weight is 269 g/mol. The number of anilines is 1. The van der Waals surface area contributed by atoms with Gasteiger partial charge in [0.1, 0.15) is 5.82 Å². The molecule has 2 aromatic heterocycles. The normalized spacial score (nSPS) is 9.45. The fourth-order valence-electron chi connectivity index (χ4n) is 1.58. The summed E-state index contributed by atoms with van der Waals surface area (Å²) in [7, 11) is 0. The molecular weight excluding hydrogens is 253 g/mol. The third kappa shape index (κ3) is 4.57. The zero-order chi connectivity index (χ0) is 14.0. The zero-order valence-corrected chi connectivity index (χ0v) is 11.0. The maximum atomic E-state index is 13.0. The second kappa shape index (κ2) is 7.74. The molecule has 0 bridgehead atoms. The number of H-pyrrole nitrogens is 1. The predicted molar refractivity (Wildman–Crippen MR) is 78.8 cm³/mol. The van der Waals surface area contributed by atoms with Crippen molar-refractivity contribution in [2.45, 2.75) is 6.54 Å². The van der Waals surface area contributed by atoms with Crippen LogP contribution in [-0.2, 0) is 6.54 Å². The van der Waals surface area contributed by atoms with Crippen LogP contribution in [0.3, 0.4) is 0 Å². The lowest BCUT2D eigenvalue weighted by molar-refractivity contribution is 0.632. The first-order valence-corrected chi connectivity index (χ1v) is 6.32.